The zero-order chi connectivity index (χ0) is 12.1. The fourth-order valence-electron chi connectivity index (χ4n) is 1.28. The molecule has 1 saturated heterocycles. The van der Waals surface area contributed by atoms with Gasteiger partial charge in [-0.3, -0.25) is 24.6 Å². The lowest BCUT2D eigenvalue weighted by atomic mass is 10.2. The predicted molar refractivity (Wildman–Crippen MR) is 52.8 cm³/mol. The highest BCUT2D eigenvalue weighted by molar-refractivity contribution is 6.03. The fraction of sp³-hybridized carbons (Fsp3) is 0.556. The molecule has 86 valence electrons. The van der Waals surface area contributed by atoms with Gasteiger partial charge >= 0.3 is 0 Å². The van der Waals surface area contributed by atoms with Crippen molar-refractivity contribution in [1.29, 1.82) is 5.26 Å². The largest absolute Gasteiger partial charge is 0.341 e. The van der Waals surface area contributed by atoms with Gasteiger partial charge < -0.3 is 5.32 Å². The van der Waals surface area contributed by atoms with Crippen molar-refractivity contribution in [3.63, 3.8) is 0 Å². The number of hydrogen-bond donors (Lipinski definition) is 2. The molecule has 0 radical (unpaired) electrons. The van der Waals surface area contributed by atoms with Crippen LogP contribution in [0.15, 0.2) is 0 Å². The first kappa shape index (κ1) is 12.1. The van der Waals surface area contributed by atoms with Gasteiger partial charge in [0, 0.05) is 0 Å². The Bertz CT molecular complexity index is 360. The molecule has 16 heavy (non-hydrogen) atoms. The first-order valence-electron chi connectivity index (χ1n) is 4.77. The lowest BCUT2D eigenvalue weighted by molar-refractivity contribution is -0.151. The zero-order valence-corrected chi connectivity index (χ0v) is 8.82. The van der Waals surface area contributed by atoms with Crippen molar-refractivity contribution in [2.45, 2.75) is 13.0 Å². The van der Waals surface area contributed by atoms with Crippen molar-refractivity contribution in [3.8, 4) is 6.07 Å². The van der Waals surface area contributed by atoms with E-state index in [-0.39, 0.29) is 19.6 Å². The Morgan fingerprint density at radius 2 is 2.38 bits per heavy atom. The third-order valence-electron chi connectivity index (χ3n) is 2.16. The molecule has 7 heteroatoms. The van der Waals surface area contributed by atoms with Crippen LogP contribution in [0, 0.1) is 11.3 Å². The monoisotopic (exact) mass is 224 g/mol. The fourth-order valence-corrected chi connectivity index (χ4v) is 1.28. The molecule has 0 aliphatic carbocycles. The second kappa shape index (κ2) is 5.23. The number of carbonyl (C=O) groups is 3. The predicted octanol–water partition coefficient (Wildman–Crippen LogP) is -2.03. The van der Waals surface area contributed by atoms with Gasteiger partial charge in [0.1, 0.15) is 13.1 Å². The van der Waals surface area contributed by atoms with Gasteiger partial charge in [-0.1, -0.05) is 0 Å². The summed E-state index contributed by atoms with van der Waals surface area (Å²) in [6, 6.07) is 1.26. The summed E-state index contributed by atoms with van der Waals surface area (Å²) in [6.45, 7) is 1.20. The minimum Gasteiger partial charge on any atom is -0.341 e. The minimum absolute atomic E-state index is 0.0401. The molecule has 1 aliphatic heterocycles. The number of nitriles is 1. The molecule has 1 atom stereocenters. The Morgan fingerprint density at radius 3 is 3.00 bits per heavy atom. The van der Waals surface area contributed by atoms with E-state index >= 15 is 0 Å². The summed E-state index contributed by atoms with van der Waals surface area (Å²) in [4.78, 5) is 35.0. The van der Waals surface area contributed by atoms with Gasteiger partial charge in [-0.05, 0) is 6.92 Å². The van der Waals surface area contributed by atoms with Crippen LogP contribution in [0.4, 0.5) is 0 Å². The number of nitrogens with zero attached hydrogens (tertiary/aromatic N) is 2. The lowest BCUT2D eigenvalue weighted by Gasteiger charge is -2.28. The smallest absolute Gasteiger partial charge is 0.246 e. The Hall–Kier alpha value is -1.94. The van der Waals surface area contributed by atoms with E-state index in [1.54, 1.807) is 13.0 Å². The maximum Gasteiger partial charge on any atom is 0.246 e. The average Bonchev–Trinajstić information content (AvgIpc) is 2.27. The molecule has 3 amide bonds. The molecular formula is C9H12N4O3. The standard InChI is InChI=1S/C9H12N4O3/c1-6-9(16)13(8(15)4-12-6)5-7(14)11-3-2-10/h6,12H,3-5H2,1H3,(H,11,14). The van der Waals surface area contributed by atoms with Crippen molar-refractivity contribution in [3.05, 3.63) is 0 Å². The number of rotatable bonds is 3. The molecule has 1 fully saturated rings. The van der Waals surface area contributed by atoms with E-state index in [0.717, 1.165) is 4.90 Å². The third kappa shape index (κ3) is 2.77. The van der Waals surface area contributed by atoms with E-state index in [2.05, 4.69) is 10.6 Å². The SMILES string of the molecule is CC1NCC(=O)N(CC(=O)NCC#N)C1=O. The van der Waals surface area contributed by atoms with Crippen LogP contribution < -0.4 is 10.6 Å². The highest BCUT2D eigenvalue weighted by Gasteiger charge is 2.32. The van der Waals surface area contributed by atoms with Gasteiger partial charge in [-0.15, -0.1) is 0 Å². The molecule has 1 rings (SSSR count). The van der Waals surface area contributed by atoms with E-state index < -0.39 is 23.8 Å². The molecule has 0 aromatic heterocycles. The van der Waals surface area contributed by atoms with Crippen molar-refractivity contribution < 1.29 is 14.4 Å². The van der Waals surface area contributed by atoms with Crippen LogP contribution in [0.5, 0.6) is 0 Å². The molecule has 0 aromatic rings. The summed E-state index contributed by atoms with van der Waals surface area (Å²) in [5.41, 5.74) is 0. The van der Waals surface area contributed by atoms with E-state index in [9.17, 15) is 14.4 Å². The highest BCUT2D eigenvalue weighted by atomic mass is 16.2. The quantitative estimate of drug-likeness (QED) is 0.425. The second-order valence-electron chi connectivity index (χ2n) is 3.36. The Labute approximate surface area is 92.4 Å². The molecule has 1 aliphatic rings. The van der Waals surface area contributed by atoms with E-state index in [1.165, 1.54) is 0 Å². The summed E-state index contributed by atoms with van der Waals surface area (Å²) < 4.78 is 0. The van der Waals surface area contributed by atoms with Gasteiger partial charge in [-0.2, -0.15) is 5.26 Å². The third-order valence-corrected chi connectivity index (χ3v) is 2.16. The maximum absolute atomic E-state index is 11.5. The number of hydrogen-bond acceptors (Lipinski definition) is 5. The highest BCUT2D eigenvalue weighted by Crippen LogP contribution is 2.01. The summed E-state index contributed by atoms with van der Waals surface area (Å²) in [5, 5.41) is 13.2. The van der Waals surface area contributed by atoms with Crippen LogP contribution in [-0.4, -0.2) is 48.3 Å². The van der Waals surface area contributed by atoms with Crippen LogP contribution >= 0.6 is 0 Å². The summed E-state index contributed by atoms with van der Waals surface area (Å²) in [5.74, 6) is -1.38. The number of nitrogens with one attached hydrogen (secondary N) is 2. The van der Waals surface area contributed by atoms with Crippen LogP contribution in [0.2, 0.25) is 0 Å². The molecule has 0 bridgehead atoms. The van der Waals surface area contributed by atoms with Gasteiger partial charge in [-0.25, -0.2) is 0 Å². The van der Waals surface area contributed by atoms with Crippen molar-refractivity contribution in [1.82, 2.24) is 15.5 Å². The Kier molecular flexibility index (Phi) is 3.96. The molecular weight excluding hydrogens is 212 g/mol. The van der Waals surface area contributed by atoms with Gasteiger partial charge in [0.25, 0.3) is 0 Å². The number of piperazine rings is 1. The van der Waals surface area contributed by atoms with Crippen LogP contribution in [0.25, 0.3) is 0 Å². The Morgan fingerprint density at radius 1 is 1.69 bits per heavy atom. The first-order chi connectivity index (χ1) is 7.56. The molecule has 1 unspecified atom stereocenters. The van der Waals surface area contributed by atoms with E-state index in [0.29, 0.717) is 0 Å². The normalized spacial score (nSPS) is 20.5. The van der Waals surface area contributed by atoms with Crippen molar-refractivity contribution >= 4 is 17.7 Å². The molecule has 7 nitrogen and oxygen atoms in total. The molecule has 1 heterocycles. The minimum atomic E-state index is -0.516. The number of imide groups is 1. The first-order valence-corrected chi connectivity index (χ1v) is 4.77. The van der Waals surface area contributed by atoms with Crippen molar-refractivity contribution in [2.24, 2.45) is 0 Å². The van der Waals surface area contributed by atoms with Crippen LogP contribution in [0.3, 0.4) is 0 Å². The van der Waals surface area contributed by atoms with Crippen LogP contribution in [0.1, 0.15) is 6.92 Å². The number of amides is 3. The maximum atomic E-state index is 11.5. The van der Waals surface area contributed by atoms with E-state index in [1.807, 2.05) is 0 Å². The zero-order valence-electron chi connectivity index (χ0n) is 8.82. The van der Waals surface area contributed by atoms with E-state index in [4.69, 9.17) is 5.26 Å². The Balaban J connectivity index is 2.57. The summed E-state index contributed by atoms with van der Waals surface area (Å²) in [7, 11) is 0. The van der Waals surface area contributed by atoms with Gasteiger partial charge in [0.15, 0.2) is 0 Å². The lowest BCUT2D eigenvalue weighted by Crippen LogP contribution is -2.58. The molecule has 0 spiro atoms. The average molecular weight is 224 g/mol. The number of carbonyl (C=O) groups excluding carboxylic acids is 3. The van der Waals surface area contributed by atoms with Crippen LogP contribution in [-0.2, 0) is 14.4 Å². The topological polar surface area (TPSA) is 102 Å². The van der Waals surface area contributed by atoms with Gasteiger partial charge in [0.05, 0.1) is 18.7 Å². The molecule has 2 N–H and O–H groups in total. The van der Waals surface area contributed by atoms with Gasteiger partial charge in [0.2, 0.25) is 17.7 Å². The van der Waals surface area contributed by atoms with Crippen molar-refractivity contribution in [2.75, 3.05) is 19.6 Å². The molecule has 0 saturated carbocycles. The summed E-state index contributed by atoms with van der Waals surface area (Å²) >= 11 is 0. The summed E-state index contributed by atoms with van der Waals surface area (Å²) in [6.07, 6.45) is 0. The second-order valence-corrected chi connectivity index (χ2v) is 3.36. The molecule has 0 aromatic carbocycles.